The highest BCUT2D eigenvalue weighted by molar-refractivity contribution is 7.90. The average Bonchev–Trinajstić information content (AvgIpc) is 3.64. The molecule has 22 heteroatoms. The monoisotopic (exact) mass is 924 g/mol. The van der Waals surface area contributed by atoms with Gasteiger partial charge < -0.3 is 59.1 Å². The predicted molar refractivity (Wildman–Crippen MR) is 226 cm³/mol. The third kappa shape index (κ3) is 9.22. The van der Waals surface area contributed by atoms with Crippen LogP contribution in [-0.4, -0.2) is 128 Å². The second-order valence-electron chi connectivity index (χ2n) is 15.9. The van der Waals surface area contributed by atoms with Crippen LogP contribution in [0.25, 0.3) is 22.3 Å². The van der Waals surface area contributed by atoms with E-state index in [2.05, 4.69) is 5.32 Å². The summed E-state index contributed by atoms with van der Waals surface area (Å²) in [6.45, 7) is 3.90. The Hall–Kier alpha value is -6.17. The summed E-state index contributed by atoms with van der Waals surface area (Å²) in [6, 6.07) is 10.8. The number of aliphatic hydroxyl groups is 4. The van der Waals surface area contributed by atoms with Crippen LogP contribution < -0.4 is 20.3 Å². The van der Waals surface area contributed by atoms with E-state index in [4.69, 9.17) is 28.7 Å². The fourth-order valence-electron chi connectivity index (χ4n) is 7.89. The van der Waals surface area contributed by atoms with E-state index < -0.39 is 94.7 Å². The quantitative estimate of drug-likeness (QED) is 0.0637. The van der Waals surface area contributed by atoms with E-state index in [0.29, 0.717) is 40.0 Å². The molecular formula is C43H48N4O17S. The van der Waals surface area contributed by atoms with Gasteiger partial charge in [-0.3, -0.25) is 14.5 Å². The van der Waals surface area contributed by atoms with Crippen molar-refractivity contribution in [3.63, 3.8) is 0 Å². The number of hydrogen-bond acceptors (Lipinski definition) is 17. The molecule has 0 spiro atoms. The SMILES string of the molecule is CCC(=O)Nc1cc(COC(=O)N(CCS(C)(=O)=O)COc2ccc3nc4c(c(CC)c3c2)Cn2c-4cc3c(c2=O)COC(=O)[C@]3(O)CC)ccc1O[C@@H]1O[C@H](C(=O)O)[C@@H](O)[C@H](O)[C@H]1O. The summed E-state index contributed by atoms with van der Waals surface area (Å²) in [7, 11) is -3.56. The zero-order valence-corrected chi connectivity index (χ0v) is 36.5. The van der Waals surface area contributed by atoms with Crippen molar-refractivity contribution in [1.29, 1.82) is 0 Å². The number of benzene rings is 2. The van der Waals surface area contributed by atoms with Gasteiger partial charge in [0.05, 0.1) is 40.5 Å². The van der Waals surface area contributed by atoms with Crippen molar-refractivity contribution in [2.24, 2.45) is 0 Å². The molecule has 21 nitrogen and oxygen atoms in total. The van der Waals surface area contributed by atoms with E-state index in [1.165, 1.54) is 18.2 Å². The maximum atomic E-state index is 13.7. The number of hydrogen-bond donors (Lipinski definition) is 6. The first-order valence-electron chi connectivity index (χ1n) is 20.6. The largest absolute Gasteiger partial charge is 0.479 e. The van der Waals surface area contributed by atoms with Gasteiger partial charge in [-0.05, 0) is 60.4 Å². The van der Waals surface area contributed by atoms with Crippen molar-refractivity contribution in [1.82, 2.24) is 14.5 Å². The van der Waals surface area contributed by atoms with Crippen molar-refractivity contribution in [3.05, 3.63) is 80.6 Å². The number of carbonyl (C=O) groups is 4. The summed E-state index contributed by atoms with van der Waals surface area (Å²) in [6.07, 6.45) is -8.91. The number of amides is 2. The van der Waals surface area contributed by atoms with Crippen LogP contribution in [0.1, 0.15) is 61.4 Å². The summed E-state index contributed by atoms with van der Waals surface area (Å²) >= 11 is 0. The molecule has 7 rings (SSSR count). The lowest BCUT2D eigenvalue weighted by molar-refractivity contribution is -0.271. The Balaban J connectivity index is 1.09. The molecule has 1 saturated heterocycles. The van der Waals surface area contributed by atoms with Gasteiger partial charge in [-0.15, -0.1) is 0 Å². The lowest BCUT2D eigenvalue weighted by atomic mass is 9.86. The number of cyclic esters (lactones) is 1. The molecule has 6 N–H and O–H groups in total. The number of rotatable bonds is 15. The molecule has 0 unspecified atom stereocenters. The molecule has 0 bridgehead atoms. The molecule has 6 atom stereocenters. The Morgan fingerprint density at radius 1 is 1.02 bits per heavy atom. The second-order valence-corrected chi connectivity index (χ2v) is 18.1. The number of aryl methyl sites for hydroxylation is 1. The van der Waals surface area contributed by atoms with Crippen molar-refractivity contribution in [2.45, 2.75) is 96.1 Å². The van der Waals surface area contributed by atoms with Crippen LogP contribution in [0.3, 0.4) is 0 Å². The van der Waals surface area contributed by atoms with E-state index >= 15 is 0 Å². The minimum absolute atomic E-state index is 0.00123. The fourth-order valence-corrected chi connectivity index (χ4v) is 8.44. The van der Waals surface area contributed by atoms with Gasteiger partial charge in [0.2, 0.25) is 12.2 Å². The van der Waals surface area contributed by atoms with Gasteiger partial charge in [-0.1, -0.05) is 26.8 Å². The molecule has 1 fully saturated rings. The van der Waals surface area contributed by atoms with Crippen LogP contribution >= 0.6 is 0 Å². The molecule has 65 heavy (non-hydrogen) atoms. The number of aliphatic hydroxyl groups excluding tert-OH is 3. The van der Waals surface area contributed by atoms with Gasteiger partial charge in [-0.25, -0.2) is 27.8 Å². The maximum Gasteiger partial charge on any atom is 0.412 e. The third-order valence-electron chi connectivity index (χ3n) is 11.6. The first kappa shape index (κ1) is 46.8. The van der Waals surface area contributed by atoms with Crippen molar-refractivity contribution in [3.8, 4) is 22.9 Å². The molecule has 0 saturated carbocycles. The fraction of sp³-hybridized carbons (Fsp3) is 0.442. The van der Waals surface area contributed by atoms with Crippen LogP contribution in [-0.2, 0) is 70.2 Å². The molecule has 5 heterocycles. The summed E-state index contributed by atoms with van der Waals surface area (Å²) < 4.78 is 53.6. The molecule has 3 aliphatic rings. The highest BCUT2D eigenvalue weighted by atomic mass is 32.2. The van der Waals surface area contributed by atoms with Gasteiger partial charge in [0, 0.05) is 35.7 Å². The van der Waals surface area contributed by atoms with Gasteiger partial charge in [0.25, 0.3) is 5.56 Å². The summed E-state index contributed by atoms with van der Waals surface area (Å²) in [5.41, 5.74) is 1.50. The van der Waals surface area contributed by atoms with Crippen molar-refractivity contribution in [2.75, 3.05) is 30.6 Å². The Kier molecular flexibility index (Phi) is 13.2. The van der Waals surface area contributed by atoms with E-state index in [0.717, 1.165) is 22.3 Å². The number of nitrogens with zero attached hydrogens (tertiary/aromatic N) is 3. The number of pyridine rings is 2. The Morgan fingerprint density at radius 2 is 1.77 bits per heavy atom. The number of anilines is 1. The first-order chi connectivity index (χ1) is 30.8. The van der Waals surface area contributed by atoms with Gasteiger partial charge >= 0.3 is 18.0 Å². The zero-order chi connectivity index (χ0) is 47.1. The van der Waals surface area contributed by atoms with Crippen LogP contribution in [0, 0.1) is 0 Å². The minimum atomic E-state index is -3.56. The highest BCUT2D eigenvalue weighted by Crippen LogP contribution is 2.41. The maximum absolute atomic E-state index is 13.7. The predicted octanol–water partition coefficient (Wildman–Crippen LogP) is 1.28. The number of esters is 1. The number of carboxylic acids is 1. The Labute approximate surface area is 371 Å². The summed E-state index contributed by atoms with van der Waals surface area (Å²) in [5.74, 6) is -3.18. The standard InChI is InChI=1S/C43H48N4O17S/c1-5-23-24-15-22(9-10-28(24)45-33-25(23)17-47-30(33)16-27-26(38(47)52)19-60-41(55)43(27,57)7-3)62-20-46(12-13-65(4,58)59)42(56)61-18-21-8-11-31(29(14-21)44-32(48)6-2)63-40-36(51)34(49)35(50)37(64-40)39(53)54/h8-11,14-16,34-37,40,49-51,57H,5-7,12-13,17-20H2,1-4H3,(H,44,48)(H,53,54)/t34-,35-,36+,37-,40+,43-/m0/s1. The normalized spacial score (nSPS) is 22.3. The van der Waals surface area contributed by atoms with Crippen LogP contribution in [0.15, 0.2) is 47.3 Å². The number of aromatic nitrogens is 2. The number of carbonyl (C=O) groups excluding carboxylic acids is 3. The number of fused-ring (bicyclic) bond motifs is 5. The minimum Gasteiger partial charge on any atom is -0.479 e. The van der Waals surface area contributed by atoms with E-state index in [1.54, 1.807) is 42.7 Å². The third-order valence-corrected chi connectivity index (χ3v) is 12.5. The lowest BCUT2D eigenvalue weighted by Crippen LogP contribution is -2.61. The molecule has 348 valence electrons. The first-order valence-corrected chi connectivity index (χ1v) is 22.7. The Morgan fingerprint density at radius 3 is 2.45 bits per heavy atom. The van der Waals surface area contributed by atoms with Gasteiger partial charge in [0.15, 0.2) is 18.4 Å². The van der Waals surface area contributed by atoms with E-state index in [1.807, 2.05) is 6.92 Å². The van der Waals surface area contributed by atoms with Crippen molar-refractivity contribution >= 4 is 50.4 Å². The van der Waals surface area contributed by atoms with E-state index in [9.17, 15) is 57.9 Å². The van der Waals surface area contributed by atoms with Gasteiger partial charge in [0.1, 0.15) is 52.9 Å². The summed E-state index contributed by atoms with van der Waals surface area (Å²) in [5, 5.41) is 54.7. The Bertz CT molecular complexity index is 2740. The molecule has 0 radical (unpaired) electrons. The van der Waals surface area contributed by atoms with Crippen LogP contribution in [0.2, 0.25) is 0 Å². The summed E-state index contributed by atoms with van der Waals surface area (Å²) in [4.78, 5) is 69.9. The number of sulfone groups is 1. The molecule has 2 aromatic carbocycles. The smallest absolute Gasteiger partial charge is 0.412 e. The van der Waals surface area contributed by atoms with Crippen LogP contribution in [0.4, 0.5) is 10.5 Å². The molecule has 3 aliphatic heterocycles. The lowest BCUT2D eigenvalue weighted by Gasteiger charge is -2.38. The average molecular weight is 925 g/mol. The molecule has 0 aliphatic carbocycles. The molecule has 4 aromatic rings. The zero-order valence-electron chi connectivity index (χ0n) is 35.7. The number of aliphatic carboxylic acids is 1. The molecule has 2 aromatic heterocycles. The van der Waals surface area contributed by atoms with Crippen LogP contribution in [0.5, 0.6) is 11.5 Å². The van der Waals surface area contributed by atoms with Gasteiger partial charge in [-0.2, -0.15) is 0 Å². The molecular weight excluding hydrogens is 877 g/mol. The number of carboxylic acid groups (broad SMARTS) is 1. The number of ether oxygens (including phenoxy) is 5. The number of nitrogens with one attached hydrogen (secondary N) is 1. The second kappa shape index (κ2) is 18.4. The molecule has 2 amide bonds. The van der Waals surface area contributed by atoms with E-state index in [-0.39, 0.29) is 55.1 Å². The van der Waals surface area contributed by atoms with Crippen molar-refractivity contribution < 1.29 is 76.8 Å². The topological polar surface area (TPSA) is 300 Å². The highest BCUT2D eigenvalue weighted by Gasteiger charge is 2.49.